The Hall–Kier alpha value is -2.38. The molecular weight excluding hydrogens is 426 g/mol. The van der Waals surface area contributed by atoms with Crippen molar-refractivity contribution < 1.29 is 9.47 Å². The molecule has 4 rings (SSSR count). The average molecular weight is 444 g/mol. The summed E-state index contributed by atoms with van der Waals surface area (Å²) in [5.41, 5.74) is 3.95. The third-order valence-electron chi connectivity index (χ3n) is 4.14. The molecule has 138 valence electrons. The average Bonchev–Trinajstić information content (AvgIpc) is 3.28. The minimum Gasteiger partial charge on any atom is -0.454 e. The fourth-order valence-electron chi connectivity index (χ4n) is 2.82. The first-order valence-corrected chi connectivity index (χ1v) is 10.3. The van der Waals surface area contributed by atoms with E-state index >= 15 is 0 Å². The van der Waals surface area contributed by atoms with Crippen molar-refractivity contribution in [1.82, 2.24) is 4.68 Å². The number of hydrogen-bond donors (Lipinski definition) is 0. The normalized spacial score (nSPS) is 14.0. The van der Waals surface area contributed by atoms with Crippen LogP contribution in [0, 0.1) is 0 Å². The van der Waals surface area contributed by atoms with Crippen LogP contribution in [0.4, 0.5) is 0 Å². The van der Waals surface area contributed by atoms with Crippen LogP contribution in [-0.2, 0) is 0 Å². The van der Waals surface area contributed by atoms with Crippen molar-refractivity contribution in [2.24, 2.45) is 10.1 Å². The molecule has 7 heteroatoms. The Morgan fingerprint density at radius 2 is 2.04 bits per heavy atom. The number of benzene rings is 2. The van der Waals surface area contributed by atoms with Crippen molar-refractivity contribution in [3.05, 3.63) is 62.7 Å². The molecule has 0 aliphatic carbocycles. The van der Waals surface area contributed by atoms with Crippen molar-refractivity contribution in [3.8, 4) is 22.8 Å². The van der Waals surface area contributed by atoms with Gasteiger partial charge in [0.2, 0.25) is 11.6 Å². The molecule has 0 atom stereocenters. The van der Waals surface area contributed by atoms with Crippen molar-refractivity contribution in [2.75, 3.05) is 13.3 Å². The smallest absolute Gasteiger partial charge is 0.231 e. The van der Waals surface area contributed by atoms with Gasteiger partial charge in [0.05, 0.1) is 11.4 Å². The summed E-state index contributed by atoms with van der Waals surface area (Å²) in [4.78, 5) is 5.47. The highest BCUT2D eigenvalue weighted by Gasteiger charge is 2.15. The molecule has 0 N–H and O–H groups in total. The number of rotatable bonds is 4. The maximum atomic E-state index is 5.49. The molecule has 0 spiro atoms. The Balaban J connectivity index is 1.81. The first-order valence-electron chi connectivity index (χ1n) is 8.58. The topological polar surface area (TPSA) is 48.1 Å². The predicted octanol–water partition coefficient (Wildman–Crippen LogP) is 4.90. The lowest BCUT2D eigenvalue weighted by Crippen LogP contribution is -2.14. The second kappa shape index (κ2) is 7.70. The summed E-state index contributed by atoms with van der Waals surface area (Å²) < 4.78 is 13.8. The van der Waals surface area contributed by atoms with Crippen LogP contribution < -0.4 is 14.3 Å². The number of fused-ring (bicyclic) bond motifs is 1. The lowest BCUT2D eigenvalue weighted by Gasteiger charge is -2.07. The molecule has 1 aliphatic rings. The van der Waals surface area contributed by atoms with Gasteiger partial charge in [-0.05, 0) is 44.2 Å². The maximum Gasteiger partial charge on any atom is 0.231 e. The lowest BCUT2D eigenvalue weighted by molar-refractivity contribution is 0.174. The molecule has 0 amide bonds. The number of halogens is 1. The molecule has 5 nitrogen and oxygen atoms in total. The fourth-order valence-corrected chi connectivity index (χ4v) is 4.11. The molecule has 0 saturated carbocycles. The van der Waals surface area contributed by atoms with Gasteiger partial charge in [-0.1, -0.05) is 28.1 Å². The van der Waals surface area contributed by atoms with Crippen molar-refractivity contribution in [1.29, 1.82) is 0 Å². The van der Waals surface area contributed by atoms with Crippen LogP contribution in [0.5, 0.6) is 11.5 Å². The molecule has 0 saturated heterocycles. The number of hydrogen-bond acceptors (Lipinski definition) is 5. The van der Waals surface area contributed by atoms with E-state index in [1.807, 2.05) is 48.9 Å². The first kappa shape index (κ1) is 18.0. The molecule has 1 aliphatic heterocycles. The first-order chi connectivity index (χ1) is 13.2. The molecule has 2 aromatic carbocycles. The second-order valence-electron chi connectivity index (χ2n) is 5.95. The van der Waals surface area contributed by atoms with E-state index < -0.39 is 0 Å². The highest BCUT2D eigenvalue weighted by molar-refractivity contribution is 9.10. The summed E-state index contributed by atoms with van der Waals surface area (Å²) in [6.45, 7) is 4.98. The van der Waals surface area contributed by atoms with Crippen LogP contribution in [0.15, 0.2) is 62.4 Å². The van der Waals surface area contributed by atoms with Crippen LogP contribution in [0.1, 0.15) is 19.4 Å². The minimum atomic E-state index is 0.265. The lowest BCUT2D eigenvalue weighted by atomic mass is 10.1. The summed E-state index contributed by atoms with van der Waals surface area (Å²) in [7, 11) is 0. The standard InChI is InChI=1S/C20H18BrN3O2S/c1-3-22-20-24(17(11-27-20)15-5-4-6-16(21)9-15)23-13(2)14-7-8-18-19(10-14)26-12-25-18/h4-11H,3,12H2,1-2H3. The van der Waals surface area contributed by atoms with Crippen LogP contribution in [0.2, 0.25) is 0 Å². The van der Waals surface area contributed by atoms with Gasteiger partial charge in [-0.25, -0.2) is 4.68 Å². The van der Waals surface area contributed by atoms with Gasteiger partial charge in [0.15, 0.2) is 11.5 Å². The SMILES string of the molecule is CCN=c1scc(-c2cccc(Br)c2)n1N=C(C)c1ccc2c(c1)OCO2. The van der Waals surface area contributed by atoms with Crippen molar-refractivity contribution >= 4 is 33.0 Å². The van der Waals surface area contributed by atoms with E-state index in [1.165, 1.54) is 0 Å². The number of ether oxygens (including phenoxy) is 2. The number of thiazole rings is 1. The van der Waals surface area contributed by atoms with E-state index in [4.69, 9.17) is 14.6 Å². The Morgan fingerprint density at radius 3 is 2.85 bits per heavy atom. The molecule has 1 aromatic heterocycles. The van der Waals surface area contributed by atoms with Crippen LogP contribution >= 0.6 is 27.3 Å². The van der Waals surface area contributed by atoms with Gasteiger partial charge in [0, 0.05) is 27.5 Å². The minimum absolute atomic E-state index is 0.265. The van der Waals surface area contributed by atoms with E-state index in [2.05, 4.69) is 38.4 Å². The van der Waals surface area contributed by atoms with Crippen LogP contribution in [0.25, 0.3) is 11.3 Å². The molecule has 3 aromatic rings. The summed E-state index contributed by atoms with van der Waals surface area (Å²) in [6, 6.07) is 14.1. The zero-order chi connectivity index (χ0) is 18.8. The summed E-state index contributed by atoms with van der Waals surface area (Å²) in [5, 5.41) is 6.97. The molecule has 27 heavy (non-hydrogen) atoms. The molecule has 0 fully saturated rings. The van der Waals surface area contributed by atoms with Gasteiger partial charge < -0.3 is 9.47 Å². The van der Waals surface area contributed by atoms with Crippen LogP contribution in [-0.4, -0.2) is 23.7 Å². The van der Waals surface area contributed by atoms with E-state index in [-0.39, 0.29) is 6.79 Å². The zero-order valence-electron chi connectivity index (χ0n) is 15.0. The molecule has 0 radical (unpaired) electrons. The molecule has 0 unspecified atom stereocenters. The quantitative estimate of drug-likeness (QED) is 0.538. The van der Waals surface area contributed by atoms with E-state index in [0.717, 1.165) is 43.3 Å². The third-order valence-corrected chi connectivity index (χ3v) is 5.49. The highest BCUT2D eigenvalue weighted by atomic mass is 79.9. The van der Waals surface area contributed by atoms with Gasteiger partial charge in [-0.15, -0.1) is 11.3 Å². The Kier molecular flexibility index (Phi) is 5.13. The van der Waals surface area contributed by atoms with Gasteiger partial charge in [0.1, 0.15) is 0 Å². The number of nitrogens with zero attached hydrogens (tertiary/aromatic N) is 3. The van der Waals surface area contributed by atoms with Gasteiger partial charge >= 0.3 is 0 Å². The highest BCUT2D eigenvalue weighted by Crippen LogP contribution is 2.32. The second-order valence-corrected chi connectivity index (χ2v) is 7.71. The van der Waals surface area contributed by atoms with Gasteiger partial charge in [0.25, 0.3) is 0 Å². The van der Waals surface area contributed by atoms with E-state index in [0.29, 0.717) is 6.54 Å². The Labute approximate surface area is 169 Å². The monoisotopic (exact) mass is 443 g/mol. The van der Waals surface area contributed by atoms with Gasteiger partial charge in [-0.3, -0.25) is 4.99 Å². The number of aromatic nitrogens is 1. The van der Waals surface area contributed by atoms with E-state index in [1.54, 1.807) is 11.3 Å². The molecule has 0 bridgehead atoms. The fraction of sp³-hybridized carbons (Fsp3) is 0.200. The van der Waals surface area contributed by atoms with E-state index in [9.17, 15) is 0 Å². The third kappa shape index (κ3) is 3.70. The summed E-state index contributed by atoms with van der Waals surface area (Å²) in [6.07, 6.45) is 0. The zero-order valence-corrected chi connectivity index (χ0v) is 17.4. The largest absolute Gasteiger partial charge is 0.454 e. The summed E-state index contributed by atoms with van der Waals surface area (Å²) >= 11 is 5.13. The van der Waals surface area contributed by atoms with Crippen LogP contribution in [0.3, 0.4) is 0 Å². The Bertz CT molecular complexity index is 1080. The van der Waals surface area contributed by atoms with Gasteiger partial charge in [-0.2, -0.15) is 5.10 Å². The predicted molar refractivity (Wildman–Crippen MR) is 112 cm³/mol. The van der Waals surface area contributed by atoms with Crippen molar-refractivity contribution in [2.45, 2.75) is 13.8 Å². The summed E-state index contributed by atoms with van der Waals surface area (Å²) in [5.74, 6) is 1.52. The van der Waals surface area contributed by atoms with Crippen molar-refractivity contribution in [3.63, 3.8) is 0 Å². The molecule has 2 heterocycles. The maximum absolute atomic E-state index is 5.49. The molecular formula is C20H18BrN3O2S. The Morgan fingerprint density at radius 1 is 1.19 bits per heavy atom.